The molecular formula is C14H22N2O2. The lowest BCUT2D eigenvalue weighted by Gasteiger charge is -2.25. The van der Waals surface area contributed by atoms with Gasteiger partial charge >= 0.3 is 0 Å². The van der Waals surface area contributed by atoms with Crippen LogP contribution in [0.25, 0.3) is 0 Å². The summed E-state index contributed by atoms with van der Waals surface area (Å²) in [6.45, 7) is 5.76. The molecule has 1 aromatic carbocycles. The van der Waals surface area contributed by atoms with Gasteiger partial charge in [-0.25, -0.2) is 0 Å². The molecule has 0 aliphatic heterocycles. The zero-order chi connectivity index (χ0) is 13.5. The molecule has 0 saturated carbocycles. The number of nitrogens with zero attached hydrogens (tertiary/aromatic N) is 1. The van der Waals surface area contributed by atoms with Crippen LogP contribution >= 0.6 is 0 Å². The summed E-state index contributed by atoms with van der Waals surface area (Å²) in [5, 5.41) is 0. The van der Waals surface area contributed by atoms with Gasteiger partial charge in [0.05, 0.1) is 13.2 Å². The van der Waals surface area contributed by atoms with E-state index in [-0.39, 0.29) is 18.5 Å². The van der Waals surface area contributed by atoms with E-state index in [4.69, 9.17) is 10.5 Å². The van der Waals surface area contributed by atoms with Crippen LogP contribution in [0, 0.1) is 0 Å². The molecule has 4 nitrogen and oxygen atoms in total. The Labute approximate surface area is 109 Å². The van der Waals surface area contributed by atoms with Crippen LogP contribution in [-0.4, -0.2) is 30.5 Å². The van der Waals surface area contributed by atoms with Crippen LogP contribution in [0.2, 0.25) is 0 Å². The van der Waals surface area contributed by atoms with Gasteiger partial charge in [0.2, 0.25) is 5.91 Å². The third-order valence-electron chi connectivity index (χ3n) is 2.81. The predicted octanol–water partition coefficient (Wildman–Crippen LogP) is 1.53. The minimum Gasteiger partial charge on any atom is -0.380 e. The average molecular weight is 250 g/mol. The highest BCUT2D eigenvalue weighted by Gasteiger charge is 2.12. The summed E-state index contributed by atoms with van der Waals surface area (Å²) >= 11 is 0. The Morgan fingerprint density at radius 1 is 1.28 bits per heavy atom. The fourth-order valence-corrected chi connectivity index (χ4v) is 1.76. The third-order valence-corrected chi connectivity index (χ3v) is 2.81. The average Bonchev–Trinajstić information content (AvgIpc) is 2.30. The van der Waals surface area contributed by atoms with Crippen molar-refractivity contribution in [3.8, 4) is 0 Å². The van der Waals surface area contributed by atoms with Crippen molar-refractivity contribution in [3.63, 3.8) is 0 Å². The van der Waals surface area contributed by atoms with Crippen LogP contribution in [-0.2, 0) is 22.7 Å². The lowest BCUT2D eigenvalue weighted by atomic mass is 10.1. The number of benzene rings is 1. The Morgan fingerprint density at radius 2 is 1.83 bits per heavy atom. The first-order chi connectivity index (χ1) is 8.52. The SMILES string of the molecule is COCc1ccc(CN(CC(N)=O)C(C)C)cc1. The Kier molecular flexibility index (Phi) is 5.82. The number of primary amides is 1. The molecule has 0 radical (unpaired) electrons. The zero-order valence-corrected chi connectivity index (χ0v) is 11.3. The number of hydrogen-bond donors (Lipinski definition) is 1. The number of nitrogens with two attached hydrogens (primary N) is 1. The summed E-state index contributed by atoms with van der Waals surface area (Å²) in [6, 6.07) is 8.50. The lowest BCUT2D eigenvalue weighted by Crippen LogP contribution is -2.37. The fraction of sp³-hybridized carbons (Fsp3) is 0.500. The van der Waals surface area contributed by atoms with Gasteiger partial charge in [-0.05, 0) is 25.0 Å². The molecule has 1 rings (SSSR count). The Balaban J connectivity index is 2.65. The molecule has 1 amide bonds. The van der Waals surface area contributed by atoms with Crippen LogP contribution in [0.3, 0.4) is 0 Å². The molecule has 0 aliphatic carbocycles. The molecule has 0 bridgehead atoms. The molecule has 0 unspecified atom stereocenters. The van der Waals surface area contributed by atoms with E-state index in [0.717, 1.165) is 12.1 Å². The highest BCUT2D eigenvalue weighted by Crippen LogP contribution is 2.10. The first-order valence-electron chi connectivity index (χ1n) is 6.12. The smallest absolute Gasteiger partial charge is 0.231 e. The molecule has 0 heterocycles. The molecule has 18 heavy (non-hydrogen) atoms. The molecule has 1 aromatic rings. The van der Waals surface area contributed by atoms with Crippen molar-refractivity contribution >= 4 is 5.91 Å². The summed E-state index contributed by atoms with van der Waals surface area (Å²) in [4.78, 5) is 13.1. The molecule has 0 saturated heterocycles. The molecule has 0 aromatic heterocycles. The normalized spacial score (nSPS) is 11.2. The Hall–Kier alpha value is -1.39. The first-order valence-corrected chi connectivity index (χ1v) is 6.12. The van der Waals surface area contributed by atoms with E-state index in [0.29, 0.717) is 6.61 Å². The van der Waals surface area contributed by atoms with Gasteiger partial charge in [0, 0.05) is 19.7 Å². The number of amides is 1. The Bertz CT molecular complexity index is 374. The molecule has 0 atom stereocenters. The lowest BCUT2D eigenvalue weighted by molar-refractivity contribution is -0.119. The quantitative estimate of drug-likeness (QED) is 0.798. The third kappa shape index (κ3) is 4.85. The number of rotatable bonds is 7. The summed E-state index contributed by atoms with van der Waals surface area (Å²) in [7, 11) is 1.68. The maximum Gasteiger partial charge on any atom is 0.231 e. The molecule has 100 valence electrons. The van der Waals surface area contributed by atoms with Gasteiger partial charge in [-0.1, -0.05) is 24.3 Å². The fourth-order valence-electron chi connectivity index (χ4n) is 1.76. The summed E-state index contributed by atoms with van der Waals surface area (Å²) < 4.78 is 5.07. The van der Waals surface area contributed by atoms with E-state index in [1.807, 2.05) is 17.0 Å². The van der Waals surface area contributed by atoms with Crippen LogP contribution in [0.15, 0.2) is 24.3 Å². The number of carbonyl (C=O) groups is 1. The number of ether oxygens (including phenoxy) is 1. The second-order valence-corrected chi connectivity index (χ2v) is 4.71. The monoisotopic (exact) mass is 250 g/mol. The van der Waals surface area contributed by atoms with E-state index in [1.165, 1.54) is 5.56 Å². The molecule has 2 N–H and O–H groups in total. The minimum absolute atomic E-state index is 0.288. The van der Waals surface area contributed by atoms with Crippen molar-refractivity contribution in [3.05, 3.63) is 35.4 Å². The van der Waals surface area contributed by atoms with E-state index in [9.17, 15) is 4.79 Å². The van der Waals surface area contributed by atoms with Gasteiger partial charge in [-0.3, -0.25) is 9.69 Å². The maximum absolute atomic E-state index is 11.0. The van der Waals surface area contributed by atoms with E-state index < -0.39 is 0 Å². The van der Waals surface area contributed by atoms with Crippen molar-refractivity contribution in [1.82, 2.24) is 4.90 Å². The largest absolute Gasteiger partial charge is 0.380 e. The van der Waals surface area contributed by atoms with Gasteiger partial charge in [0.1, 0.15) is 0 Å². The molecule has 0 aliphatic rings. The van der Waals surface area contributed by atoms with Gasteiger partial charge in [0.25, 0.3) is 0 Å². The first kappa shape index (κ1) is 14.7. The summed E-state index contributed by atoms with van der Waals surface area (Å²) in [5.41, 5.74) is 7.57. The topological polar surface area (TPSA) is 55.6 Å². The van der Waals surface area contributed by atoms with Crippen molar-refractivity contribution in [2.75, 3.05) is 13.7 Å². The van der Waals surface area contributed by atoms with Crippen LogP contribution < -0.4 is 5.73 Å². The number of carbonyl (C=O) groups excluding carboxylic acids is 1. The van der Waals surface area contributed by atoms with Crippen LogP contribution in [0.1, 0.15) is 25.0 Å². The van der Waals surface area contributed by atoms with Gasteiger partial charge in [-0.15, -0.1) is 0 Å². The van der Waals surface area contributed by atoms with Gasteiger partial charge < -0.3 is 10.5 Å². The van der Waals surface area contributed by atoms with Crippen LogP contribution in [0.5, 0.6) is 0 Å². The number of hydrogen-bond acceptors (Lipinski definition) is 3. The summed E-state index contributed by atoms with van der Waals surface area (Å²) in [5.74, 6) is -0.292. The maximum atomic E-state index is 11.0. The summed E-state index contributed by atoms with van der Waals surface area (Å²) in [6.07, 6.45) is 0. The van der Waals surface area contributed by atoms with Crippen molar-refractivity contribution in [2.45, 2.75) is 33.0 Å². The molecular weight excluding hydrogens is 228 g/mol. The second kappa shape index (κ2) is 7.13. The Morgan fingerprint density at radius 3 is 2.28 bits per heavy atom. The zero-order valence-electron chi connectivity index (χ0n) is 11.3. The minimum atomic E-state index is -0.292. The van der Waals surface area contributed by atoms with E-state index in [1.54, 1.807) is 7.11 Å². The van der Waals surface area contributed by atoms with Gasteiger partial charge in [0.15, 0.2) is 0 Å². The predicted molar refractivity (Wildman–Crippen MR) is 71.9 cm³/mol. The van der Waals surface area contributed by atoms with E-state index >= 15 is 0 Å². The molecule has 4 heteroatoms. The van der Waals surface area contributed by atoms with Gasteiger partial charge in [-0.2, -0.15) is 0 Å². The standard InChI is InChI=1S/C14H22N2O2/c1-11(2)16(9-14(15)17)8-12-4-6-13(7-5-12)10-18-3/h4-7,11H,8-10H2,1-3H3,(H2,15,17). The molecule has 0 fully saturated rings. The van der Waals surface area contributed by atoms with Crippen molar-refractivity contribution in [2.24, 2.45) is 5.73 Å². The van der Waals surface area contributed by atoms with Crippen LogP contribution in [0.4, 0.5) is 0 Å². The number of methoxy groups -OCH3 is 1. The van der Waals surface area contributed by atoms with Crippen molar-refractivity contribution in [1.29, 1.82) is 0 Å². The van der Waals surface area contributed by atoms with E-state index in [2.05, 4.69) is 26.0 Å². The highest BCUT2D eigenvalue weighted by atomic mass is 16.5. The second-order valence-electron chi connectivity index (χ2n) is 4.71. The highest BCUT2D eigenvalue weighted by molar-refractivity contribution is 5.75. The molecule has 0 spiro atoms. The van der Waals surface area contributed by atoms with Crippen molar-refractivity contribution < 1.29 is 9.53 Å².